The Morgan fingerprint density at radius 1 is 1.38 bits per heavy atom. The minimum Gasteiger partial charge on any atom is -0.511 e. The summed E-state index contributed by atoms with van der Waals surface area (Å²) in [6.07, 6.45) is -6.01. The minimum atomic E-state index is -4.50. The van der Waals surface area contributed by atoms with Crippen LogP contribution in [-0.2, 0) is 11.0 Å². The third kappa shape index (κ3) is 5.14. The molecule has 3 N–H and O–H groups in total. The average Bonchev–Trinajstić information content (AvgIpc) is 2.47. The molecule has 0 saturated carbocycles. The topological polar surface area (TPSA) is 93.3 Å². The summed E-state index contributed by atoms with van der Waals surface area (Å²) in [6, 6.07) is 5.09. The molecule has 1 unspecified atom stereocenters. The zero-order valence-corrected chi connectivity index (χ0v) is 12.7. The second-order valence-corrected chi connectivity index (χ2v) is 5.03. The van der Waals surface area contributed by atoms with Crippen molar-refractivity contribution in [1.29, 1.82) is 5.26 Å². The number of halogens is 3. The number of anilines is 1. The van der Waals surface area contributed by atoms with Gasteiger partial charge < -0.3 is 15.5 Å². The van der Waals surface area contributed by atoms with E-state index in [0.717, 1.165) is 24.3 Å². The Balaban J connectivity index is 2.92. The largest absolute Gasteiger partial charge is 0.511 e. The van der Waals surface area contributed by atoms with Gasteiger partial charge in [0.15, 0.2) is 5.57 Å². The average molecular weight is 340 g/mol. The Bertz CT molecular complexity index is 701. The second-order valence-electron chi connectivity index (χ2n) is 5.03. The number of nitrogens with one attached hydrogen (secondary N) is 1. The minimum absolute atomic E-state index is 0.0222. The number of aliphatic hydroxyl groups is 2. The molecule has 0 aromatic heterocycles. The molecular weight excluding hydrogens is 325 g/mol. The zero-order chi connectivity index (χ0) is 18.5. The van der Waals surface area contributed by atoms with Crippen molar-refractivity contribution in [3.8, 4) is 6.07 Å². The molecular formula is C16H15F3N2O3. The smallest absolute Gasteiger partial charge is 0.416 e. The number of nitrogens with zero attached hydrogens (tertiary/aromatic N) is 1. The molecule has 0 aliphatic rings. The van der Waals surface area contributed by atoms with Gasteiger partial charge in [-0.1, -0.05) is 12.2 Å². The number of nitriles is 1. The number of hydrogen-bond donors (Lipinski definition) is 3. The number of amides is 1. The monoisotopic (exact) mass is 340 g/mol. The van der Waals surface area contributed by atoms with Gasteiger partial charge in [-0.15, -0.1) is 0 Å². The maximum absolute atomic E-state index is 12.5. The number of alkyl halides is 3. The number of carbonyl (C=O) groups is 1. The Labute approximate surface area is 136 Å². The fourth-order valence-electron chi connectivity index (χ4n) is 1.64. The van der Waals surface area contributed by atoms with E-state index in [4.69, 9.17) is 5.26 Å². The van der Waals surface area contributed by atoms with Crippen LogP contribution in [0.3, 0.4) is 0 Å². The highest BCUT2D eigenvalue weighted by atomic mass is 19.4. The van der Waals surface area contributed by atoms with E-state index in [1.165, 1.54) is 13.0 Å². The van der Waals surface area contributed by atoms with Gasteiger partial charge in [0.05, 0.1) is 11.7 Å². The van der Waals surface area contributed by atoms with Gasteiger partial charge in [-0.25, -0.2) is 0 Å². The van der Waals surface area contributed by atoms with Gasteiger partial charge in [0.2, 0.25) is 0 Å². The molecule has 0 bridgehead atoms. The summed E-state index contributed by atoms with van der Waals surface area (Å²) < 4.78 is 37.4. The predicted octanol–water partition coefficient (Wildman–Crippen LogP) is 3.31. The lowest BCUT2D eigenvalue weighted by Gasteiger charge is -2.11. The number of benzene rings is 1. The van der Waals surface area contributed by atoms with E-state index < -0.39 is 35.1 Å². The van der Waals surface area contributed by atoms with Gasteiger partial charge in [-0.2, -0.15) is 18.4 Å². The van der Waals surface area contributed by atoms with E-state index >= 15 is 0 Å². The number of rotatable bonds is 5. The van der Waals surface area contributed by atoms with E-state index in [1.807, 2.05) is 0 Å². The van der Waals surface area contributed by atoms with E-state index in [2.05, 4.69) is 11.9 Å². The van der Waals surface area contributed by atoms with Crippen LogP contribution in [0.5, 0.6) is 0 Å². The fraction of sp³-hybridized carbons (Fsp3) is 0.250. The van der Waals surface area contributed by atoms with Gasteiger partial charge in [0.1, 0.15) is 11.8 Å². The lowest BCUT2D eigenvalue weighted by Crippen LogP contribution is -2.18. The first-order valence-electron chi connectivity index (χ1n) is 6.70. The molecule has 1 aromatic carbocycles. The Morgan fingerprint density at radius 3 is 2.33 bits per heavy atom. The van der Waals surface area contributed by atoms with Crippen molar-refractivity contribution in [3.05, 3.63) is 53.3 Å². The van der Waals surface area contributed by atoms with Crippen LogP contribution >= 0.6 is 0 Å². The van der Waals surface area contributed by atoms with Gasteiger partial charge in [0.25, 0.3) is 5.91 Å². The molecule has 0 heterocycles. The highest BCUT2D eigenvalue weighted by Crippen LogP contribution is 2.29. The van der Waals surface area contributed by atoms with Crippen molar-refractivity contribution >= 4 is 11.6 Å². The van der Waals surface area contributed by atoms with Gasteiger partial charge in [-0.3, -0.25) is 4.79 Å². The fourth-order valence-corrected chi connectivity index (χ4v) is 1.64. The van der Waals surface area contributed by atoms with Crippen LogP contribution in [0, 0.1) is 11.3 Å². The van der Waals surface area contributed by atoms with Crippen LogP contribution in [0.2, 0.25) is 0 Å². The first kappa shape index (κ1) is 19.3. The molecule has 1 atom stereocenters. The Morgan fingerprint density at radius 2 is 1.92 bits per heavy atom. The highest BCUT2D eigenvalue weighted by Gasteiger charge is 2.30. The number of hydrogen-bond acceptors (Lipinski definition) is 4. The quantitative estimate of drug-likeness (QED) is 0.332. The summed E-state index contributed by atoms with van der Waals surface area (Å²) >= 11 is 0. The summed E-state index contributed by atoms with van der Waals surface area (Å²) in [5.74, 6) is -1.64. The molecule has 1 amide bonds. The summed E-state index contributed by atoms with van der Waals surface area (Å²) in [5.41, 5.74) is -1.17. The molecule has 5 nitrogen and oxygen atoms in total. The van der Waals surface area contributed by atoms with Crippen molar-refractivity contribution in [3.63, 3.8) is 0 Å². The summed E-state index contributed by atoms with van der Waals surface area (Å²) in [6.45, 7) is 4.98. The van der Waals surface area contributed by atoms with Gasteiger partial charge >= 0.3 is 6.18 Å². The third-order valence-electron chi connectivity index (χ3n) is 3.05. The van der Waals surface area contributed by atoms with Crippen molar-refractivity contribution < 1.29 is 28.2 Å². The SMILES string of the molecule is C=C(C)C(O)C/C(O)=C(\C#N)C(=O)Nc1ccc(C(F)(F)F)cc1. The van der Waals surface area contributed by atoms with Crippen LogP contribution in [0.25, 0.3) is 0 Å². The van der Waals surface area contributed by atoms with Crippen LogP contribution in [0.15, 0.2) is 47.7 Å². The summed E-state index contributed by atoms with van der Waals surface area (Å²) in [5, 5.41) is 30.5. The van der Waals surface area contributed by atoms with Crippen molar-refractivity contribution in [2.75, 3.05) is 5.32 Å². The van der Waals surface area contributed by atoms with Crippen molar-refractivity contribution in [2.45, 2.75) is 25.6 Å². The number of aliphatic hydroxyl groups excluding tert-OH is 2. The van der Waals surface area contributed by atoms with E-state index in [0.29, 0.717) is 5.57 Å². The van der Waals surface area contributed by atoms with Crippen LogP contribution in [0.1, 0.15) is 18.9 Å². The standard InChI is InChI=1S/C16H15F3N2O3/c1-9(2)13(22)7-14(23)12(8-20)15(24)21-11-5-3-10(4-6-11)16(17,18)19/h3-6,13,22-23H,1,7H2,2H3,(H,21,24)/b14-12-. The maximum atomic E-state index is 12.5. The molecule has 24 heavy (non-hydrogen) atoms. The van der Waals surface area contributed by atoms with Crippen LogP contribution < -0.4 is 5.32 Å². The van der Waals surface area contributed by atoms with Crippen LogP contribution in [0.4, 0.5) is 18.9 Å². The highest BCUT2D eigenvalue weighted by molar-refractivity contribution is 6.06. The first-order chi connectivity index (χ1) is 11.1. The normalized spacial score (nSPS) is 13.5. The summed E-state index contributed by atoms with van der Waals surface area (Å²) in [7, 11) is 0. The van der Waals surface area contributed by atoms with E-state index in [-0.39, 0.29) is 12.1 Å². The molecule has 1 rings (SSSR count). The third-order valence-corrected chi connectivity index (χ3v) is 3.05. The molecule has 0 spiro atoms. The number of carbonyl (C=O) groups excluding carboxylic acids is 1. The Kier molecular flexibility index (Phi) is 6.14. The first-order valence-corrected chi connectivity index (χ1v) is 6.70. The predicted molar refractivity (Wildman–Crippen MR) is 80.8 cm³/mol. The van der Waals surface area contributed by atoms with Gasteiger partial charge in [-0.05, 0) is 31.2 Å². The Hall–Kier alpha value is -2.79. The lowest BCUT2D eigenvalue weighted by molar-refractivity contribution is -0.137. The van der Waals surface area contributed by atoms with Gasteiger partial charge in [0, 0.05) is 12.1 Å². The van der Waals surface area contributed by atoms with Crippen molar-refractivity contribution in [1.82, 2.24) is 0 Å². The van der Waals surface area contributed by atoms with Crippen molar-refractivity contribution in [2.24, 2.45) is 0 Å². The summed E-state index contributed by atoms with van der Waals surface area (Å²) in [4.78, 5) is 11.9. The second kappa shape index (κ2) is 7.66. The molecule has 0 fully saturated rings. The van der Waals surface area contributed by atoms with Crippen LogP contribution in [-0.4, -0.2) is 22.2 Å². The molecule has 0 radical (unpaired) electrons. The molecule has 0 aliphatic carbocycles. The molecule has 128 valence electrons. The molecule has 0 aliphatic heterocycles. The molecule has 0 saturated heterocycles. The lowest BCUT2D eigenvalue weighted by atomic mass is 10.1. The van der Waals surface area contributed by atoms with E-state index in [9.17, 15) is 28.2 Å². The van der Waals surface area contributed by atoms with E-state index in [1.54, 1.807) is 0 Å². The zero-order valence-electron chi connectivity index (χ0n) is 12.7. The molecule has 1 aromatic rings. The maximum Gasteiger partial charge on any atom is 0.416 e. The molecule has 8 heteroatoms.